The first-order chi connectivity index (χ1) is 8.34. The summed E-state index contributed by atoms with van der Waals surface area (Å²) in [5.41, 5.74) is 0. The van der Waals surface area contributed by atoms with Crippen molar-refractivity contribution in [3.05, 3.63) is 16.6 Å². The summed E-state index contributed by atoms with van der Waals surface area (Å²) in [5.74, 6) is 0.876. The Labute approximate surface area is 130 Å². The normalized spacial score (nSPS) is 15.2. The fraction of sp³-hybridized carbons (Fsp3) is 0.667. The van der Waals surface area contributed by atoms with E-state index in [-0.39, 0.29) is 30.7 Å². The molecule has 1 saturated heterocycles. The Kier molecular flexibility index (Phi) is 10.2. The van der Waals surface area contributed by atoms with Crippen molar-refractivity contribution in [3.63, 3.8) is 0 Å². The molecule has 19 heavy (non-hydrogen) atoms. The van der Waals surface area contributed by atoms with Gasteiger partial charge in [-0.2, -0.15) is 0 Å². The Hall–Kier alpha value is -0.360. The van der Waals surface area contributed by atoms with Crippen LogP contribution in [0.2, 0.25) is 0 Å². The van der Waals surface area contributed by atoms with Crippen LogP contribution in [0.1, 0.15) is 30.7 Å². The number of amides is 1. The topological polar surface area (TPSA) is 54.0 Å². The molecule has 0 aliphatic carbocycles. The van der Waals surface area contributed by atoms with E-state index in [4.69, 9.17) is 0 Å². The minimum Gasteiger partial charge on any atom is -0.350 e. The molecule has 1 aromatic heterocycles. The van der Waals surface area contributed by atoms with E-state index in [2.05, 4.69) is 15.6 Å². The summed E-state index contributed by atoms with van der Waals surface area (Å²) < 4.78 is 0. The Morgan fingerprint density at radius 2 is 2.16 bits per heavy atom. The SMILES string of the molecule is Cl.Cl.O=C(CCC1CCNCC1)NCc1nccs1. The third-order valence-electron chi connectivity index (χ3n) is 3.16. The second-order valence-electron chi connectivity index (χ2n) is 4.43. The summed E-state index contributed by atoms with van der Waals surface area (Å²) in [6.45, 7) is 2.78. The van der Waals surface area contributed by atoms with Crippen LogP contribution in [0.5, 0.6) is 0 Å². The van der Waals surface area contributed by atoms with Crippen LogP contribution >= 0.6 is 36.2 Å². The number of nitrogens with one attached hydrogen (secondary N) is 2. The van der Waals surface area contributed by atoms with Crippen LogP contribution in [-0.2, 0) is 11.3 Å². The average molecular weight is 326 g/mol. The van der Waals surface area contributed by atoms with Crippen molar-refractivity contribution in [2.45, 2.75) is 32.2 Å². The Morgan fingerprint density at radius 3 is 2.79 bits per heavy atom. The number of piperidine rings is 1. The van der Waals surface area contributed by atoms with Gasteiger partial charge in [-0.1, -0.05) is 0 Å². The van der Waals surface area contributed by atoms with Crippen molar-refractivity contribution in [1.29, 1.82) is 0 Å². The lowest BCUT2D eigenvalue weighted by Gasteiger charge is -2.22. The average Bonchev–Trinajstić information content (AvgIpc) is 2.88. The van der Waals surface area contributed by atoms with Crippen molar-refractivity contribution < 1.29 is 4.79 Å². The molecule has 2 rings (SSSR count). The Bertz CT molecular complexity index is 343. The van der Waals surface area contributed by atoms with Crippen LogP contribution in [0.15, 0.2) is 11.6 Å². The lowest BCUT2D eigenvalue weighted by atomic mass is 9.93. The zero-order valence-electron chi connectivity index (χ0n) is 10.8. The molecule has 1 aromatic rings. The molecule has 2 N–H and O–H groups in total. The van der Waals surface area contributed by atoms with E-state index in [9.17, 15) is 4.79 Å². The van der Waals surface area contributed by atoms with Gasteiger partial charge in [0, 0.05) is 18.0 Å². The van der Waals surface area contributed by atoms with Gasteiger partial charge >= 0.3 is 0 Å². The highest BCUT2D eigenvalue weighted by Crippen LogP contribution is 2.17. The largest absolute Gasteiger partial charge is 0.350 e. The second-order valence-corrected chi connectivity index (χ2v) is 5.41. The fourth-order valence-electron chi connectivity index (χ4n) is 2.11. The molecule has 2 heterocycles. The molecule has 1 aliphatic rings. The van der Waals surface area contributed by atoms with E-state index < -0.39 is 0 Å². The van der Waals surface area contributed by atoms with Crippen molar-refractivity contribution in [2.75, 3.05) is 13.1 Å². The molecule has 110 valence electrons. The predicted molar refractivity (Wildman–Crippen MR) is 83.3 cm³/mol. The van der Waals surface area contributed by atoms with Crippen LogP contribution in [-0.4, -0.2) is 24.0 Å². The van der Waals surface area contributed by atoms with Crippen LogP contribution < -0.4 is 10.6 Å². The summed E-state index contributed by atoms with van der Waals surface area (Å²) in [6.07, 6.45) is 5.85. The third kappa shape index (κ3) is 7.11. The highest BCUT2D eigenvalue weighted by molar-refractivity contribution is 7.09. The monoisotopic (exact) mass is 325 g/mol. The Morgan fingerprint density at radius 1 is 1.42 bits per heavy atom. The predicted octanol–water partition coefficient (Wildman–Crippen LogP) is 2.38. The minimum absolute atomic E-state index is 0. The molecule has 0 bridgehead atoms. The minimum atomic E-state index is 0. The van der Waals surface area contributed by atoms with Crippen LogP contribution in [0.4, 0.5) is 0 Å². The van der Waals surface area contributed by atoms with Gasteiger partial charge in [-0.25, -0.2) is 4.98 Å². The Balaban J connectivity index is 0.00000162. The van der Waals surface area contributed by atoms with Gasteiger partial charge < -0.3 is 10.6 Å². The highest BCUT2D eigenvalue weighted by Gasteiger charge is 2.14. The molecule has 1 amide bonds. The number of hydrogen-bond acceptors (Lipinski definition) is 4. The van der Waals surface area contributed by atoms with Crippen molar-refractivity contribution in [2.24, 2.45) is 5.92 Å². The van der Waals surface area contributed by atoms with Crippen LogP contribution in [0.3, 0.4) is 0 Å². The van der Waals surface area contributed by atoms with Gasteiger partial charge in [0.05, 0.1) is 6.54 Å². The molecule has 0 atom stereocenters. The summed E-state index contributed by atoms with van der Waals surface area (Å²) in [6, 6.07) is 0. The molecule has 4 nitrogen and oxygen atoms in total. The van der Waals surface area contributed by atoms with Crippen molar-refractivity contribution in [1.82, 2.24) is 15.6 Å². The zero-order chi connectivity index (χ0) is 11.9. The molecule has 7 heteroatoms. The van der Waals surface area contributed by atoms with E-state index >= 15 is 0 Å². The van der Waals surface area contributed by atoms with Crippen LogP contribution in [0.25, 0.3) is 0 Å². The number of aromatic nitrogens is 1. The van der Waals surface area contributed by atoms with E-state index in [0.717, 1.165) is 30.4 Å². The molecule has 0 spiro atoms. The zero-order valence-corrected chi connectivity index (χ0v) is 13.2. The van der Waals surface area contributed by atoms with Gasteiger partial charge in [0.25, 0.3) is 0 Å². The van der Waals surface area contributed by atoms with Crippen molar-refractivity contribution in [3.8, 4) is 0 Å². The van der Waals surface area contributed by atoms with Gasteiger partial charge in [-0.3, -0.25) is 4.79 Å². The van der Waals surface area contributed by atoms with Gasteiger partial charge in [0.15, 0.2) is 0 Å². The molecule has 0 saturated carbocycles. The number of thiazole rings is 1. The number of rotatable bonds is 5. The van der Waals surface area contributed by atoms with Gasteiger partial charge in [0.1, 0.15) is 5.01 Å². The summed E-state index contributed by atoms with van der Waals surface area (Å²) in [7, 11) is 0. The lowest BCUT2D eigenvalue weighted by molar-refractivity contribution is -0.121. The van der Waals surface area contributed by atoms with Gasteiger partial charge in [0.2, 0.25) is 5.91 Å². The number of hydrogen-bond donors (Lipinski definition) is 2. The number of halogens is 2. The molecule has 1 fully saturated rings. The third-order valence-corrected chi connectivity index (χ3v) is 3.94. The summed E-state index contributed by atoms with van der Waals surface area (Å²) in [5, 5.41) is 9.16. The number of carbonyl (C=O) groups excluding carboxylic acids is 1. The van der Waals surface area contributed by atoms with E-state index in [1.807, 2.05) is 5.38 Å². The smallest absolute Gasteiger partial charge is 0.220 e. The molecule has 0 radical (unpaired) electrons. The summed E-state index contributed by atoms with van der Waals surface area (Å²) in [4.78, 5) is 15.8. The molecular weight excluding hydrogens is 305 g/mol. The van der Waals surface area contributed by atoms with E-state index in [1.54, 1.807) is 17.5 Å². The molecule has 1 aliphatic heterocycles. The van der Waals surface area contributed by atoms with Crippen molar-refractivity contribution >= 4 is 42.1 Å². The number of nitrogens with zero attached hydrogens (tertiary/aromatic N) is 1. The molecule has 0 unspecified atom stereocenters. The van der Waals surface area contributed by atoms with E-state index in [0.29, 0.717) is 13.0 Å². The lowest BCUT2D eigenvalue weighted by Crippen LogP contribution is -2.29. The first kappa shape index (κ1) is 18.6. The quantitative estimate of drug-likeness (QED) is 0.873. The summed E-state index contributed by atoms with van der Waals surface area (Å²) >= 11 is 1.58. The maximum absolute atomic E-state index is 11.6. The second kappa shape index (κ2) is 10.4. The molecular formula is C12H21Cl2N3OS. The maximum atomic E-state index is 11.6. The fourth-order valence-corrected chi connectivity index (χ4v) is 2.66. The first-order valence-corrected chi connectivity index (χ1v) is 7.08. The number of carbonyl (C=O) groups is 1. The molecule has 0 aromatic carbocycles. The van der Waals surface area contributed by atoms with Crippen LogP contribution in [0, 0.1) is 5.92 Å². The van der Waals surface area contributed by atoms with Gasteiger partial charge in [-0.05, 0) is 38.3 Å². The standard InChI is InChI=1S/C12H19N3OS.2ClH/c16-11(15-9-12-14-7-8-17-12)2-1-10-3-5-13-6-4-10;;/h7-8,10,13H,1-6,9H2,(H,15,16);2*1H. The maximum Gasteiger partial charge on any atom is 0.220 e. The van der Waals surface area contributed by atoms with Gasteiger partial charge in [-0.15, -0.1) is 36.2 Å². The highest BCUT2D eigenvalue weighted by atomic mass is 35.5. The first-order valence-electron chi connectivity index (χ1n) is 6.20. The van der Waals surface area contributed by atoms with E-state index in [1.165, 1.54) is 12.8 Å².